The molecule has 0 aliphatic carbocycles. The number of hydrogen-bond acceptors (Lipinski definition) is 4. The Morgan fingerprint density at radius 2 is 2.10 bits per heavy atom. The third-order valence-corrected chi connectivity index (χ3v) is 4.63. The molecule has 0 amide bonds. The number of benzene rings is 1. The topological polar surface area (TPSA) is 52.3 Å². The molecule has 0 bridgehead atoms. The van der Waals surface area contributed by atoms with Crippen LogP contribution in [0, 0.1) is 0 Å². The van der Waals surface area contributed by atoms with Gasteiger partial charge in [-0.2, -0.15) is 0 Å². The van der Waals surface area contributed by atoms with E-state index in [0.717, 1.165) is 22.4 Å². The number of hydrogen-bond donors (Lipinski definition) is 1. The van der Waals surface area contributed by atoms with Gasteiger partial charge in [-0.15, -0.1) is 11.3 Å². The van der Waals surface area contributed by atoms with Crippen molar-refractivity contribution in [2.24, 2.45) is 0 Å². The minimum Gasteiger partial charge on any atom is -0.465 e. The first-order chi connectivity index (χ1) is 9.49. The average Bonchev–Trinajstić information content (AvgIpc) is 2.74. The largest absolute Gasteiger partial charge is 0.465 e. The summed E-state index contributed by atoms with van der Waals surface area (Å²) in [5, 5.41) is 1.46. The summed E-state index contributed by atoms with van der Waals surface area (Å²) in [5.74, 6) is -0.459. The van der Waals surface area contributed by atoms with Gasteiger partial charge in [-0.3, -0.25) is 0 Å². The zero-order valence-electron chi connectivity index (χ0n) is 11.0. The van der Waals surface area contributed by atoms with Crippen LogP contribution in [0.1, 0.15) is 22.2 Å². The van der Waals surface area contributed by atoms with Crippen molar-refractivity contribution in [2.75, 3.05) is 12.8 Å². The minimum absolute atomic E-state index is 0.374. The molecule has 0 aliphatic rings. The van der Waals surface area contributed by atoms with E-state index in [2.05, 4.69) is 0 Å². The quantitative estimate of drug-likeness (QED) is 0.833. The molecule has 1 aromatic carbocycles. The normalized spacial score (nSPS) is 10.6. The molecule has 6 heteroatoms. The van der Waals surface area contributed by atoms with Crippen LogP contribution < -0.4 is 5.73 Å². The maximum Gasteiger partial charge on any atom is 0.341 e. The van der Waals surface area contributed by atoms with Crippen molar-refractivity contribution in [2.45, 2.75) is 13.3 Å². The van der Waals surface area contributed by atoms with Crippen molar-refractivity contribution >= 4 is 45.5 Å². The van der Waals surface area contributed by atoms with E-state index in [4.69, 9.17) is 33.7 Å². The Balaban J connectivity index is 2.74. The Hall–Kier alpha value is -1.23. The van der Waals surface area contributed by atoms with E-state index >= 15 is 0 Å². The molecule has 0 saturated carbocycles. The summed E-state index contributed by atoms with van der Waals surface area (Å²) in [7, 11) is 1.33. The van der Waals surface area contributed by atoms with E-state index in [0.29, 0.717) is 20.6 Å². The van der Waals surface area contributed by atoms with Crippen LogP contribution in [0.2, 0.25) is 10.0 Å². The van der Waals surface area contributed by atoms with Crippen molar-refractivity contribution in [1.82, 2.24) is 0 Å². The number of rotatable bonds is 3. The summed E-state index contributed by atoms with van der Waals surface area (Å²) in [6, 6.07) is 5.17. The Labute approximate surface area is 131 Å². The van der Waals surface area contributed by atoms with Crippen LogP contribution in [0.15, 0.2) is 18.2 Å². The summed E-state index contributed by atoms with van der Waals surface area (Å²) in [6.07, 6.45) is 0.750. The summed E-state index contributed by atoms with van der Waals surface area (Å²) in [6.45, 7) is 2.00. The van der Waals surface area contributed by atoms with Crippen molar-refractivity contribution in [1.29, 1.82) is 0 Å². The Kier molecular flexibility index (Phi) is 4.58. The van der Waals surface area contributed by atoms with Gasteiger partial charge >= 0.3 is 5.97 Å². The molecule has 20 heavy (non-hydrogen) atoms. The van der Waals surface area contributed by atoms with E-state index in [1.54, 1.807) is 18.2 Å². The lowest BCUT2D eigenvalue weighted by Gasteiger charge is -2.08. The van der Waals surface area contributed by atoms with Crippen LogP contribution in [-0.2, 0) is 11.2 Å². The highest BCUT2D eigenvalue weighted by molar-refractivity contribution is 7.17. The zero-order chi connectivity index (χ0) is 14.9. The van der Waals surface area contributed by atoms with Gasteiger partial charge < -0.3 is 10.5 Å². The number of carbonyl (C=O) groups is 1. The summed E-state index contributed by atoms with van der Waals surface area (Å²) >= 11 is 13.5. The van der Waals surface area contributed by atoms with Gasteiger partial charge in [0.1, 0.15) is 10.6 Å². The first kappa shape index (κ1) is 15.2. The number of aryl methyl sites for hydroxylation is 1. The lowest BCUT2D eigenvalue weighted by atomic mass is 10.00. The zero-order valence-corrected chi connectivity index (χ0v) is 13.3. The van der Waals surface area contributed by atoms with Crippen molar-refractivity contribution < 1.29 is 9.53 Å². The highest BCUT2D eigenvalue weighted by atomic mass is 35.5. The molecule has 1 aromatic heterocycles. The summed E-state index contributed by atoms with van der Waals surface area (Å²) in [4.78, 5) is 13.0. The van der Waals surface area contributed by atoms with Crippen LogP contribution in [0.3, 0.4) is 0 Å². The molecular formula is C14H13Cl2NO2S. The fraction of sp³-hybridized carbons (Fsp3) is 0.214. The average molecular weight is 330 g/mol. The lowest BCUT2D eigenvalue weighted by Crippen LogP contribution is -2.05. The van der Waals surface area contributed by atoms with Gasteiger partial charge in [0.25, 0.3) is 0 Å². The maximum absolute atomic E-state index is 12.0. The van der Waals surface area contributed by atoms with Gasteiger partial charge in [0.2, 0.25) is 0 Å². The minimum atomic E-state index is -0.459. The molecular weight excluding hydrogens is 317 g/mol. The van der Waals surface area contributed by atoms with Gasteiger partial charge in [0.15, 0.2) is 0 Å². The second-order valence-electron chi connectivity index (χ2n) is 4.11. The first-order valence-corrected chi connectivity index (χ1v) is 7.51. The van der Waals surface area contributed by atoms with Crippen LogP contribution in [-0.4, -0.2) is 13.1 Å². The number of anilines is 1. The third-order valence-electron chi connectivity index (χ3n) is 2.92. The molecule has 2 aromatic rings. The van der Waals surface area contributed by atoms with Gasteiger partial charge in [-0.05, 0) is 18.6 Å². The predicted octanol–water partition coefficient (Wildman–Crippen LogP) is 4.65. The summed E-state index contributed by atoms with van der Waals surface area (Å²) in [5.41, 5.74) is 7.81. The number of nitrogen functional groups attached to an aromatic ring is 1. The maximum atomic E-state index is 12.0. The third kappa shape index (κ3) is 2.64. The number of nitrogens with two attached hydrogens (primary N) is 1. The van der Waals surface area contributed by atoms with Crippen LogP contribution in [0.4, 0.5) is 5.00 Å². The number of ether oxygens (including phenoxy) is 1. The Morgan fingerprint density at radius 1 is 1.40 bits per heavy atom. The standard InChI is InChI=1S/C14H13Cl2NO2S/c1-3-10-11(8-5-4-7(15)6-9(8)16)12(13(17)20-10)14(18)19-2/h4-6H,3,17H2,1-2H3. The molecule has 106 valence electrons. The molecule has 0 radical (unpaired) electrons. The number of methoxy groups -OCH3 is 1. The molecule has 0 fully saturated rings. The highest BCUT2D eigenvalue weighted by Crippen LogP contribution is 2.42. The molecule has 2 rings (SSSR count). The van der Waals surface area contributed by atoms with Gasteiger partial charge in [0.05, 0.1) is 7.11 Å². The van der Waals surface area contributed by atoms with E-state index in [1.165, 1.54) is 18.4 Å². The number of halogens is 2. The van der Waals surface area contributed by atoms with Crippen LogP contribution in [0.25, 0.3) is 11.1 Å². The molecule has 1 heterocycles. The van der Waals surface area contributed by atoms with Crippen molar-refractivity contribution in [3.63, 3.8) is 0 Å². The highest BCUT2D eigenvalue weighted by Gasteiger charge is 2.24. The Morgan fingerprint density at radius 3 is 2.65 bits per heavy atom. The second kappa shape index (κ2) is 6.04. The molecule has 0 atom stereocenters. The van der Waals surface area contributed by atoms with Crippen molar-refractivity contribution in [3.8, 4) is 11.1 Å². The fourth-order valence-electron chi connectivity index (χ4n) is 2.03. The summed E-state index contributed by atoms with van der Waals surface area (Å²) < 4.78 is 4.82. The molecule has 0 aliphatic heterocycles. The predicted molar refractivity (Wildman–Crippen MR) is 84.9 cm³/mol. The van der Waals surface area contributed by atoms with E-state index < -0.39 is 5.97 Å². The fourth-order valence-corrected chi connectivity index (χ4v) is 3.54. The van der Waals surface area contributed by atoms with Gasteiger partial charge in [-0.1, -0.05) is 36.2 Å². The number of carbonyl (C=O) groups excluding carboxylic acids is 1. The van der Waals surface area contributed by atoms with Gasteiger partial charge in [0, 0.05) is 26.0 Å². The monoisotopic (exact) mass is 329 g/mol. The van der Waals surface area contributed by atoms with Crippen LogP contribution in [0.5, 0.6) is 0 Å². The molecule has 2 N–H and O–H groups in total. The van der Waals surface area contributed by atoms with Crippen molar-refractivity contribution in [3.05, 3.63) is 38.7 Å². The Bertz CT molecular complexity index is 667. The van der Waals surface area contributed by atoms with Gasteiger partial charge in [-0.25, -0.2) is 4.79 Å². The van der Waals surface area contributed by atoms with E-state index in [-0.39, 0.29) is 0 Å². The number of esters is 1. The lowest BCUT2D eigenvalue weighted by molar-refractivity contribution is 0.0603. The SMILES string of the molecule is CCc1sc(N)c(C(=O)OC)c1-c1ccc(Cl)cc1Cl. The second-order valence-corrected chi connectivity index (χ2v) is 6.09. The van der Waals surface area contributed by atoms with E-state index in [9.17, 15) is 4.79 Å². The first-order valence-electron chi connectivity index (χ1n) is 5.94. The molecule has 0 spiro atoms. The smallest absolute Gasteiger partial charge is 0.341 e. The van der Waals surface area contributed by atoms with E-state index in [1.807, 2.05) is 6.92 Å². The molecule has 0 unspecified atom stereocenters. The number of thiophene rings is 1. The molecule has 0 saturated heterocycles. The molecule has 3 nitrogen and oxygen atoms in total. The van der Waals surface area contributed by atoms with Crippen LogP contribution >= 0.6 is 34.5 Å².